The lowest BCUT2D eigenvalue weighted by Crippen LogP contribution is -2.51. The van der Waals surface area contributed by atoms with Crippen LogP contribution in [0.5, 0.6) is 0 Å². The van der Waals surface area contributed by atoms with Gasteiger partial charge in [0.1, 0.15) is 0 Å². The minimum Gasteiger partial charge on any atom is -0.352 e. The topological polar surface area (TPSA) is 49.6 Å². The number of nitrogens with zero attached hydrogens (tertiary/aromatic N) is 3. The van der Waals surface area contributed by atoms with Crippen LogP contribution < -0.4 is 5.32 Å². The Morgan fingerprint density at radius 2 is 2.04 bits per heavy atom. The second kappa shape index (κ2) is 7.87. The Labute approximate surface area is 153 Å². The van der Waals surface area contributed by atoms with E-state index in [9.17, 15) is 4.79 Å². The van der Waals surface area contributed by atoms with Gasteiger partial charge in [-0.05, 0) is 32.2 Å². The number of likely N-dealkylation sites (tertiary alicyclic amines) is 1. The van der Waals surface area contributed by atoms with Gasteiger partial charge in [0.2, 0.25) is 5.91 Å². The number of hydrogen-bond acceptors (Lipinski definition) is 4. The lowest BCUT2D eigenvalue weighted by Gasteiger charge is -2.38. The molecular formula is C19H28N4OS. The molecule has 2 aromatic heterocycles. The number of hydrogen-bond donors (Lipinski definition) is 1. The average molecular weight is 361 g/mol. The molecule has 0 bridgehead atoms. The van der Waals surface area contributed by atoms with E-state index in [-0.39, 0.29) is 5.91 Å². The zero-order valence-electron chi connectivity index (χ0n) is 14.8. The van der Waals surface area contributed by atoms with Crippen molar-refractivity contribution >= 4 is 22.2 Å². The van der Waals surface area contributed by atoms with Gasteiger partial charge in [-0.1, -0.05) is 25.7 Å². The van der Waals surface area contributed by atoms with Gasteiger partial charge in [0, 0.05) is 36.4 Å². The van der Waals surface area contributed by atoms with Crippen LogP contribution in [-0.4, -0.2) is 45.4 Å². The van der Waals surface area contributed by atoms with Crippen molar-refractivity contribution < 1.29 is 4.79 Å². The van der Waals surface area contributed by atoms with Crippen LogP contribution in [0.1, 0.15) is 57.1 Å². The van der Waals surface area contributed by atoms with Gasteiger partial charge in [-0.15, -0.1) is 11.3 Å². The van der Waals surface area contributed by atoms with Gasteiger partial charge in [0.15, 0.2) is 4.96 Å². The highest BCUT2D eigenvalue weighted by atomic mass is 32.1. The summed E-state index contributed by atoms with van der Waals surface area (Å²) in [5.74, 6) is 0.110. The van der Waals surface area contributed by atoms with E-state index < -0.39 is 0 Å². The Kier molecular flexibility index (Phi) is 5.36. The number of fused-ring (bicyclic) bond motifs is 1. The Morgan fingerprint density at radius 1 is 1.20 bits per heavy atom. The zero-order chi connectivity index (χ0) is 17.1. The molecule has 0 radical (unpaired) electrons. The van der Waals surface area contributed by atoms with E-state index >= 15 is 0 Å². The molecule has 4 rings (SSSR count). The molecule has 6 heteroatoms. The fourth-order valence-corrected chi connectivity index (χ4v) is 5.10. The summed E-state index contributed by atoms with van der Waals surface area (Å²) in [6, 6.07) is 1.04. The van der Waals surface area contributed by atoms with E-state index in [1.807, 2.05) is 22.2 Å². The predicted octanol–water partition coefficient (Wildman–Crippen LogP) is 3.24. The van der Waals surface area contributed by atoms with Crippen LogP contribution >= 0.6 is 11.3 Å². The molecule has 136 valence electrons. The molecule has 25 heavy (non-hydrogen) atoms. The number of aromatic nitrogens is 2. The zero-order valence-corrected chi connectivity index (χ0v) is 15.6. The number of carbonyl (C=O) groups excluding carboxylic acids is 1. The molecule has 1 aliphatic heterocycles. The summed E-state index contributed by atoms with van der Waals surface area (Å²) in [5, 5.41) is 5.27. The Bertz CT molecular complexity index is 673. The summed E-state index contributed by atoms with van der Waals surface area (Å²) < 4.78 is 1.99. The number of rotatable bonds is 4. The number of imidazole rings is 1. The highest BCUT2D eigenvalue weighted by molar-refractivity contribution is 7.15. The van der Waals surface area contributed by atoms with Crippen LogP contribution in [0.3, 0.4) is 0 Å². The van der Waals surface area contributed by atoms with E-state index in [2.05, 4.69) is 15.2 Å². The van der Waals surface area contributed by atoms with Crippen LogP contribution in [0.2, 0.25) is 0 Å². The van der Waals surface area contributed by atoms with Crippen LogP contribution in [-0.2, 0) is 11.2 Å². The van der Waals surface area contributed by atoms with Crippen molar-refractivity contribution in [2.75, 3.05) is 13.1 Å². The van der Waals surface area contributed by atoms with Crippen molar-refractivity contribution in [1.29, 1.82) is 0 Å². The van der Waals surface area contributed by atoms with Gasteiger partial charge in [-0.2, -0.15) is 0 Å². The maximum atomic E-state index is 12.4. The molecule has 1 atom stereocenters. The first-order valence-electron chi connectivity index (χ1n) is 9.72. The van der Waals surface area contributed by atoms with E-state index in [1.54, 1.807) is 11.3 Å². The number of nitrogens with one attached hydrogen (secondary N) is 1. The molecule has 1 amide bonds. The standard InChI is InChI=1S/C19H28N4OS/c24-18(12-16-14-23-10-11-25-19(23)21-16)20-15-6-5-9-22(13-15)17-7-3-1-2-4-8-17/h10-11,14-15,17H,1-9,12-13H2,(H,20,24)/t15-/m1/s1. The summed E-state index contributed by atoms with van der Waals surface area (Å²) in [6.45, 7) is 2.23. The van der Waals surface area contributed by atoms with Gasteiger partial charge >= 0.3 is 0 Å². The van der Waals surface area contributed by atoms with Gasteiger partial charge in [0.05, 0.1) is 12.1 Å². The van der Waals surface area contributed by atoms with E-state index in [0.717, 1.165) is 29.7 Å². The second-order valence-electron chi connectivity index (χ2n) is 7.55. The molecule has 1 aliphatic carbocycles. The lowest BCUT2D eigenvalue weighted by molar-refractivity contribution is -0.121. The van der Waals surface area contributed by atoms with Crippen LogP contribution in [0.4, 0.5) is 0 Å². The smallest absolute Gasteiger partial charge is 0.226 e. The second-order valence-corrected chi connectivity index (χ2v) is 8.42. The number of piperidine rings is 1. The normalized spacial score (nSPS) is 23.6. The van der Waals surface area contributed by atoms with Crippen molar-refractivity contribution in [3.05, 3.63) is 23.5 Å². The fourth-order valence-electron chi connectivity index (χ4n) is 4.38. The van der Waals surface area contributed by atoms with Gasteiger partial charge in [-0.3, -0.25) is 14.1 Å². The van der Waals surface area contributed by atoms with E-state index in [1.165, 1.54) is 51.5 Å². The fraction of sp³-hybridized carbons (Fsp3) is 0.684. The van der Waals surface area contributed by atoms with Crippen molar-refractivity contribution in [2.45, 2.75) is 69.9 Å². The maximum absolute atomic E-state index is 12.4. The molecule has 2 aromatic rings. The number of thiazole rings is 1. The highest BCUT2D eigenvalue weighted by Crippen LogP contribution is 2.24. The van der Waals surface area contributed by atoms with Crippen LogP contribution in [0.25, 0.3) is 4.96 Å². The summed E-state index contributed by atoms with van der Waals surface area (Å²) >= 11 is 1.60. The lowest BCUT2D eigenvalue weighted by atomic mass is 10.00. The van der Waals surface area contributed by atoms with Crippen LogP contribution in [0, 0.1) is 0 Å². The number of amides is 1. The Morgan fingerprint density at radius 3 is 2.84 bits per heavy atom. The van der Waals surface area contributed by atoms with Gasteiger partial charge < -0.3 is 5.32 Å². The monoisotopic (exact) mass is 360 g/mol. The Balaban J connectivity index is 1.30. The molecule has 2 aliphatic rings. The predicted molar refractivity (Wildman–Crippen MR) is 101 cm³/mol. The van der Waals surface area contributed by atoms with Crippen molar-refractivity contribution in [3.8, 4) is 0 Å². The summed E-state index contributed by atoms with van der Waals surface area (Å²) in [4.78, 5) is 20.6. The maximum Gasteiger partial charge on any atom is 0.226 e. The first-order valence-corrected chi connectivity index (χ1v) is 10.6. The van der Waals surface area contributed by atoms with E-state index in [4.69, 9.17) is 0 Å². The highest BCUT2D eigenvalue weighted by Gasteiger charge is 2.27. The third-order valence-corrected chi connectivity index (χ3v) is 6.41. The third kappa shape index (κ3) is 4.23. The third-order valence-electron chi connectivity index (χ3n) is 5.64. The summed E-state index contributed by atoms with van der Waals surface area (Å²) in [6.07, 6.45) is 14.8. The quantitative estimate of drug-likeness (QED) is 0.852. The molecule has 5 nitrogen and oxygen atoms in total. The molecule has 1 N–H and O–H groups in total. The van der Waals surface area contributed by atoms with Gasteiger partial charge in [-0.25, -0.2) is 4.98 Å². The first kappa shape index (κ1) is 17.0. The molecule has 0 spiro atoms. The summed E-state index contributed by atoms with van der Waals surface area (Å²) in [7, 11) is 0. The molecular weight excluding hydrogens is 332 g/mol. The first-order chi connectivity index (χ1) is 12.3. The van der Waals surface area contributed by atoms with E-state index in [0.29, 0.717) is 12.5 Å². The van der Waals surface area contributed by atoms with Crippen molar-refractivity contribution in [2.24, 2.45) is 0 Å². The SMILES string of the molecule is O=C(Cc1cn2ccsc2n1)N[C@@H]1CCCN(C2CCCCCC2)C1. The molecule has 0 aromatic carbocycles. The average Bonchev–Trinajstić information content (AvgIpc) is 3.06. The van der Waals surface area contributed by atoms with Crippen LogP contribution in [0.15, 0.2) is 17.8 Å². The molecule has 1 saturated carbocycles. The minimum atomic E-state index is 0.110. The molecule has 2 fully saturated rings. The molecule has 0 unspecified atom stereocenters. The molecule has 3 heterocycles. The summed E-state index contributed by atoms with van der Waals surface area (Å²) in [5.41, 5.74) is 0.862. The minimum absolute atomic E-state index is 0.110. The van der Waals surface area contributed by atoms with Crippen molar-refractivity contribution in [3.63, 3.8) is 0 Å². The Hall–Kier alpha value is -1.40. The van der Waals surface area contributed by atoms with Crippen molar-refractivity contribution in [1.82, 2.24) is 19.6 Å². The largest absolute Gasteiger partial charge is 0.352 e. The number of carbonyl (C=O) groups is 1. The molecule has 1 saturated heterocycles. The van der Waals surface area contributed by atoms with Gasteiger partial charge in [0.25, 0.3) is 0 Å².